The lowest BCUT2D eigenvalue weighted by Gasteiger charge is -2.04. The van der Waals surface area contributed by atoms with Gasteiger partial charge in [-0.3, -0.25) is 4.79 Å². The molecule has 1 aromatic carbocycles. The summed E-state index contributed by atoms with van der Waals surface area (Å²) in [5.41, 5.74) is 1.32. The SMILES string of the molecule is CCCCNC(=O)CCSCc1ccccc1. The van der Waals surface area contributed by atoms with E-state index in [9.17, 15) is 4.79 Å². The molecule has 0 aromatic heterocycles. The summed E-state index contributed by atoms with van der Waals surface area (Å²) >= 11 is 1.81. The molecule has 1 N–H and O–H groups in total. The fraction of sp³-hybridized carbons (Fsp3) is 0.500. The van der Waals surface area contributed by atoms with Crippen molar-refractivity contribution in [3.05, 3.63) is 35.9 Å². The van der Waals surface area contributed by atoms with Crippen LogP contribution in [-0.2, 0) is 10.5 Å². The molecule has 2 nitrogen and oxygen atoms in total. The van der Waals surface area contributed by atoms with Gasteiger partial charge in [0.05, 0.1) is 0 Å². The third-order valence-electron chi connectivity index (χ3n) is 2.44. The maximum Gasteiger partial charge on any atom is 0.220 e. The maximum absolute atomic E-state index is 11.4. The summed E-state index contributed by atoms with van der Waals surface area (Å²) < 4.78 is 0. The smallest absolute Gasteiger partial charge is 0.220 e. The lowest BCUT2D eigenvalue weighted by Crippen LogP contribution is -2.24. The van der Waals surface area contributed by atoms with Crippen LogP contribution in [0.3, 0.4) is 0 Å². The number of unbranched alkanes of at least 4 members (excludes halogenated alkanes) is 1. The van der Waals surface area contributed by atoms with Gasteiger partial charge in [-0.05, 0) is 12.0 Å². The molecule has 0 spiro atoms. The molecule has 1 aromatic rings. The zero-order valence-corrected chi connectivity index (χ0v) is 11.3. The van der Waals surface area contributed by atoms with Gasteiger partial charge >= 0.3 is 0 Å². The zero-order chi connectivity index (χ0) is 12.3. The number of amides is 1. The van der Waals surface area contributed by atoms with Gasteiger partial charge in [0, 0.05) is 24.5 Å². The van der Waals surface area contributed by atoms with Crippen LogP contribution in [-0.4, -0.2) is 18.2 Å². The van der Waals surface area contributed by atoms with Gasteiger partial charge in [0.1, 0.15) is 0 Å². The molecule has 0 unspecified atom stereocenters. The van der Waals surface area contributed by atoms with Gasteiger partial charge in [-0.15, -0.1) is 0 Å². The summed E-state index contributed by atoms with van der Waals surface area (Å²) in [7, 11) is 0. The first-order chi connectivity index (χ1) is 8.33. The zero-order valence-electron chi connectivity index (χ0n) is 10.4. The van der Waals surface area contributed by atoms with Crippen LogP contribution in [0, 0.1) is 0 Å². The van der Waals surface area contributed by atoms with E-state index in [2.05, 4.69) is 24.4 Å². The molecule has 0 aliphatic carbocycles. The highest BCUT2D eigenvalue weighted by Crippen LogP contribution is 2.12. The van der Waals surface area contributed by atoms with Gasteiger partial charge in [-0.1, -0.05) is 43.7 Å². The van der Waals surface area contributed by atoms with Gasteiger partial charge in [-0.25, -0.2) is 0 Å². The Kier molecular flexibility index (Phi) is 7.56. The van der Waals surface area contributed by atoms with Gasteiger partial charge in [-0.2, -0.15) is 11.8 Å². The normalized spacial score (nSPS) is 10.2. The molecule has 0 heterocycles. The van der Waals surface area contributed by atoms with Crippen LogP contribution in [0.2, 0.25) is 0 Å². The summed E-state index contributed by atoms with van der Waals surface area (Å²) in [6.45, 7) is 2.94. The van der Waals surface area contributed by atoms with E-state index in [1.54, 1.807) is 0 Å². The molecule has 0 aliphatic heterocycles. The Balaban J connectivity index is 2.02. The first-order valence-corrected chi connectivity index (χ1v) is 7.36. The van der Waals surface area contributed by atoms with Crippen LogP contribution in [0.5, 0.6) is 0 Å². The molecule has 0 aliphatic rings. The minimum atomic E-state index is 0.180. The first-order valence-electron chi connectivity index (χ1n) is 6.21. The average Bonchev–Trinajstić information content (AvgIpc) is 2.36. The van der Waals surface area contributed by atoms with Crippen LogP contribution in [0.25, 0.3) is 0 Å². The molecule has 0 saturated heterocycles. The van der Waals surface area contributed by atoms with Crippen molar-refractivity contribution in [1.29, 1.82) is 0 Å². The van der Waals surface area contributed by atoms with E-state index in [4.69, 9.17) is 0 Å². The molecule has 17 heavy (non-hydrogen) atoms. The summed E-state index contributed by atoms with van der Waals surface area (Å²) in [4.78, 5) is 11.4. The first kappa shape index (κ1) is 14.1. The fourth-order valence-corrected chi connectivity index (χ4v) is 2.32. The Bertz CT molecular complexity index is 313. The van der Waals surface area contributed by atoms with Crippen molar-refractivity contribution in [3.63, 3.8) is 0 Å². The molecule has 0 fully saturated rings. The van der Waals surface area contributed by atoms with Crippen LogP contribution < -0.4 is 5.32 Å². The highest BCUT2D eigenvalue weighted by Gasteiger charge is 2.00. The second kappa shape index (κ2) is 9.11. The van der Waals surface area contributed by atoms with E-state index in [1.807, 2.05) is 30.0 Å². The van der Waals surface area contributed by atoms with E-state index in [0.717, 1.165) is 30.9 Å². The van der Waals surface area contributed by atoms with Crippen molar-refractivity contribution < 1.29 is 4.79 Å². The molecule has 0 atom stereocenters. The van der Waals surface area contributed by atoms with E-state index < -0.39 is 0 Å². The number of hydrogen-bond donors (Lipinski definition) is 1. The molecule has 3 heteroatoms. The molecular formula is C14H21NOS. The van der Waals surface area contributed by atoms with Gasteiger partial charge in [0.2, 0.25) is 5.91 Å². The van der Waals surface area contributed by atoms with Crippen molar-refractivity contribution in [2.24, 2.45) is 0 Å². The topological polar surface area (TPSA) is 29.1 Å². The summed E-state index contributed by atoms with van der Waals surface area (Å²) in [6.07, 6.45) is 2.83. The molecule has 94 valence electrons. The van der Waals surface area contributed by atoms with Crippen molar-refractivity contribution >= 4 is 17.7 Å². The maximum atomic E-state index is 11.4. The van der Waals surface area contributed by atoms with Crippen LogP contribution in [0.4, 0.5) is 0 Å². The number of thioether (sulfide) groups is 1. The minimum Gasteiger partial charge on any atom is -0.356 e. The Hall–Kier alpha value is -0.960. The standard InChI is InChI=1S/C14H21NOS/c1-2-3-10-15-14(16)9-11-17-12-13-7-5-4-6-8-13/h4-8H,2-3,9-12H2,1H3,(H,15,16). The number of hydrogen-bond acceptors (Lipinski definition) is 2. The third-order valence-corrected chi connectivity index (χ3v) is 3.47. The Labute approximate surface area is 108 Å². The summed E-state index contributed by atoms with van der Waals surface area (Å²) in [5, 5.41) is 2.93. The predicted octanol–water partition coefficient (Wildman–Crippen LogP) is 3.23. The fourth-order valence-electron chi connectivity index (χ4n) is 1.42. The van der Waals surface area contributed by atoms with Crippen LogP contribution in [0.15, 0.2) is 30.3 Å². The van der Waals surface area contributed by atoms with E-state index >= 15 is 0 Å². The van der Waals surface area contributed by atoms with Crippen LogP contribution in [0.1, 0.15) is 31.7 Å². The second-order valence-electron chi connectivity index (χ2n) is 3.99. The van der Waals surface area contributed by atoms with Gasteiger partial charge in [0.25, 0.3) is 0 Å². The quantitative estimate of drug-likeness (QED) is 0.719. The molecule has 1 amide bonds. The van der Waals surface area contributed by atoms with E-state index in [-0.39, 0.29) is 5.91 Å². The van der Waals surface area contributed by atoms with Crippen molar-refractivity contribution in [3.8, 4) is 0 Å². The number of carbonyl (C=O) groups excluding carboxylic acids is 1. The highest BCUT2D eigenvalue weighted by molar-refractivity contribution is 7.98. The molecule has 0 bridgehead atoms. The number of carbonyl (C=O) groups is 1. The molecule has 1 rings (SSSR count). The Morgan fingerprint density at radius 1 is 1.29 bits per heavy atom. The van der Waals surface area contributed by atoms with Crippen molar-refractivity contribution in [1.82, 2.24) is 5.32 Å². The van der Waals surface area contributed by atoms with Gasteiger partial charge < -0.3 is 5.32 Å². The number of rotatable bonds is 8. The van der Waals surface area contributed by atoms with Gasteiger partial charge in [0.15, 0.2) is 0 Å². The Morgan fingerprint density at radius 2 is 2.06 bits per heavy atom. The second-order valence-corrected chi connectivity index (χ2v) is 5.10. The van der Waals surface area contributed by atoms with E-state index in [0.29, 0.717) is 6.42 Å². The van der Waals surface area contributed by atoms with E-state index in [1.165, 1.54) is 5.56 Å². The molecule has 0 radical (unpaired) electrons. The third kappa shape index (κ3) is 7.05. The molecular weight excluding hydrogens is 230 g/mol. The number of nitrogens with one attached hydrogen (secondary N) is 1. The largest absolute Gasteiger partial charge is 0.356 e. The van der Waals surface area contributed by atoms with Crippen LogP contribution >= 0.6 is 11.8 Å². The summed E-state index contributed by atoms with van der Waals surface area (Å²) in [5.74, 6) is 2.06. The average molecular weight is 251 g/mol. The van der Waals surface area contributed by atoms with Crippen molar-refractivity contribution in [2.45, 2.75) is 31.9 Å². The lowest BCUT2D eigenvalue weighted by atomic mass is 10.2. The lowest BCUT2D eigenvalue weighted by molar-refractivity contribution is -0.120. The highest BCUT2D eigenvalue weighted by atomic mass is 32.2. The van der Waals surface area contributed by atoms with Crippen molar-refractivity contribution in [2.75, 3.05) is 12.3 Å². The molecule has 0 saturated carbocycles. The Morgan fingerprint density at radius 3 is 2.76 bits per heavy atom. The number of benzene rings is 1. The predicted molar refractivity (Wildman–Crippen MR) is 75.1 cm³/mol. The minimum absolute atomic E-state index is 0.180. The monoisotopic (exact) mass is 251 g/mol. The summed E-state index contributed by atoms with van der Waals surface area (Å²) in [6, 6.07) is 10.4.